The van der Waals surface area contributed by atoms with Crippen molar-refractivity contribution < 1.29 is 19.4 Å². The Kier molecular flexibility index (Phi) is 6.87. The van der Waals surface area contributed by atoms with Crippen LogP contribution in [-0.2, 0) is 16.1 Å². The Hall–Kier alpha value is -2.45. The van der Waals surface area contributed by atoms with E-state index in [9.17, 15) is 14.7 Å². The molecule has 1 aromatic heterocycles. The van der Waals surface area contributed by atoms with E-state index in [-0.39, 0.29) is 18.4 Å². The molecule has 2 aromatic rings. The number of nitrogens with zero attached hydrogens (tertiary/aromatic N) is 2. The van der Waals surface area contributed by atoms with Crippen LogP contribution in [0.1, 0.15) is 54.6 Å². The van der Waals surface area contributed by atoms with E-state index in [0.717, 1.165) is 5.56 Å². The first-order valence-corrected chi connectivity index (χ1v) is 10.3. The largest absolute Gasteiger partial charge is 0.458 e. The minimum absolute atomic E-state index is 0.0176. The van der Waals surface area contributed by atoms with Crippen LogP contribution in [0, 0.1) is 0 Å². The van der Waals surface area contributed by atoms with Gasteiger partial charge < -0.3 is 19.7 Å². The van der Waals surface area contributed by atoms with Crippen LogP contribution in [0.3, 0.4) is 0 Å². The van der Waals surface area contributed by atoms with Crippen LogP contribution in [0.25, 0.3) is 6.08 Å². The molecule has 1 aromatic carbocycles. The predicted molar refractivity (Wildman–Crippen MR) is 112 cm³/mol. The first-order valence-electron chi connectivity index (χ1n) is 9.50. The summed E-state index contributed by atoms with van der Waals surface area (Å²) in [7, 11) is 0. The summed E-state index contributed by atoms with van der Waals surface area (Å²) in [6.07, 6.45) is 2.63. The number of rotatable bonds is 6. The van der Waals surface area contributed by atoms with E-state index in [1.54, 1.807) is 12.2 Å². The molecule has 1 aliphatic rings. The number of aliphatic hydroxyl groups is 1. The van der Waals surface area contributed by atoms with Gasteiger partial charge >= 0.3 is 5.97 Å². The minimum atomic E-state index is -0.705. The lowest BCUT2D eigenvalue weighted by Gasteiger charge is -2.23. The zero-order valence-corrected chi connectivity index (χ0v) is 17.9. The summed E-state index contributed by atoms with van der Waals surface area (Å²) in [5.74, 6) is -0.402. The Labute approximate surface area is 177 Å². The highest BCUT2D eigenvalue weighted by Gasteiger charge is 2.26. The lowest BCUT2D eigenvalue weighted by molar-refractivity contribution is -0.156. The van der Waals surface area contributed by atoms with Gasteiger partial charge in [-0.05, 0) is 47.5 Å². The van der Waals surface area contributed by atoms with Crippen LogP contribution in [0.5, 0.6) is 0 Å². The number of cyclic esters (lactones) is 1. The van der Waals surface area contributed by atoms with Gasteiger partial charge in [0.15, 0.2) is 0 Å². The SMILES string of the molecule is CC(C)n1c(C(=O)NCc2ccccc2)nc(Br)c1C=C[C@@H]1C[C@@H](O)CC(=O)O1. The molecular weight excluding hydrogens is 438 g/mol. The van der Waals surface area contributed by atoms with E-state index in [1.807, 2.05) is 48.7 Å². The van der Waals surface area contributed by atoms with Crippen molar-refractivity contribution in [1.29, 1.82) is 0 Å². The van der Waals surface area contributed by atoms with Crippen molar-refractivity contribution >= 4 is 33.9 Å². The Morgan fingerprint density at radius 1 is 1.41 bits per heavy atom. The lowest BCUT2D eigenvalue weighted by atomic mass is 10.1. The smallest absolute Gasteiger partial charge is 0.309 e. The van der Waals surface area contributed by atoms with Gasteiger partial charge in [-0.1, -0.05) is 30.3 Å². The van der Waals surface area contributed by atoms with Gasteiger partial charge in [-0.25, -0.2) is 4.98 Å². The summed E-state index contributed by atoms with van der Waals surface area (Å²) < 4.78 is 7.60. The number of ether oxygens (including phenoxy) is 1. The third-order valence-corrected chi connectivity index (χ3v) is 5.16. The van der Waals surface area contributed by atoms with Gasteiger partial charge in [0.2, 0.25) is 5.82 Å². The summed E-state index contributed by atoms with van der Waals surface area (Å²) in [6.45, 7) is 4.33. The average molecular weight is 462 g/mol. The minimum Gasteiger partial charge on any atom is -0.458 e. The second kappa shape index (κ2) is 9.37. The normalized spacial score (nSPS) is 19.6. The highest BCUT2D eigenvalue weighted by molar-refractivity contribution is 9.10. The molecule has 2 N–H and O–H groups in total. The molecule has 1 amide bonds. The molecule has 2 atom stereocenters. The molecule has 3 rings (SSSR count). The molecule has 0 bridgehead atoms. The number of hydrogen-bond donors (Lipinski definition) is 2. The summed E-state index contributed by atoms with van der Waals surface area (Å²) >= 11 is 3.43. The second-order valence-corrected chi connectivity index (χ2v) is 7.98. The number of hydrogen-bond acceptors (Lipinski definition) is 5. The molecule has 7 nitrogen and oxygen atoms in total. The molecule has 0 spiro atoms. The fraction of sp³-hybridized carbons (Fsp3) is 0.381. The monoisotopic (exact) mass is 461 g/mol. The van der Waals surface area contributed by atoms with Gasteiger partial charge in [-0.3, -0.25) is 9.59 Å². The summed E-state index contributed by atoms with van der Waals surface area (Å²) in [4.78, 5) is 28.7. The topological polar surface area (TPSA) is 93.5 Å². The van der Waals surface area contributed by atoms with Gasteiger partial charge in [0.1, 0.15) is 10.7 Å². The zero-order valence-electron chi connectivity index (χ0n) is 16.3. The van der Waals surface area contributed by atoms with Crippen LogP contribution in [0.2, 0.25) is 0 Å². The number of aliphatic hydroxyl groups excluding tert-OH is 1. The highest BCUT2D eigenvalue weighted by Crippen LogP contribution is 2.25. The Bertz CT molecular complexity index is 908. The number of imidazole rings is 1. The number of benzene rings is 1. The van der Waals surface area contributed by atoms with Crippen molar-refractivity contribution in [1.82, 2.24) is 14.9 Å². The Morgan fingerprint density at radius 2 is 2.14 bits per heavy atom. The van der Waals surface area contributed by atoms with Crippen molar-refractivity contribution in [2.45, 2.75) is 51.5 Å². The van der Waals surface area contributed by atoms with Crippen molar-refractivity contribution in [3.63, 3.8) is 0 Å². The number of halogens is 1. The number of esters is 1. The number of amides is 1. The first-order chi connectivity index (χ1) is 13.8. The maximum atomic E-state index is 12.8. The fourth-order valence-corrected chi connectivity index (χ4v) is 3.72. The molecule has 1 saturated heterocycles. The molecule has 0 aliphatic carbocycles. The van der Waals surface area contributed by atoms with E-state index in [4.69, 9.17) is 4.74 Å². The van der Waals surface area contributed by atoms with Gasteiger partial charge in [0, 0.05) is 19.0 Å². The molecule has 154 valence electrons. The summed E-state index contributed by atoms with van der Waals surface area (Å²) in [6, 6.07) is 9.63. The maximum absolute atomic E-state index is 12.8. The number of nitrogens with one attached hydrogen (secondary N) is 1. The van der Waals surface area contributed by atoms with Gasteiger partial charge in [0.25, 0.3) is 5.91 Å². The van der Waals surface area contributed by atoms with Gasteiger partial charge in [-0.15, -0.1) is 0 Å². The van der Waals surface area contributed by atoms with Crippen LogP contribution < -0.4 is 5.32 Å². The molecule has 0 unspecified atom stereocenters. The standard InChI is InChI=1S/C21H24BrN3O4/c1-13(2)25-17(9-8-16-10-15(26)11-18(27)29-16)19(22)24-20(25)21(28)23-12-14-6-4-3-5-7-14/h3-9,13,15-16,26H,10-12H2,1-2H3,(H,23,28)/t15-,16-/m1/s1. The third-order valence-electron chi connectivity index (χ3n) is 4.58. The van der Waals surface area contributed by atoms with Gasteiger partial charge in [0.05, 0.1) is 18.2 Å². The number of carbonyl (C=O) groups is 2. The maximum Gasteiger partial charge on any atom is 0.309 e. The van der Waals surface area contributed by atoms with Crippen LogP contribution in [-0.4, -0.2) is 38.7 Å². The third kappa shape index (κ3) is 5.33. The van der Waals surface area contributed by atoms with E-state index in [1.165, 1.54) is 0 Å². The van der Waals surface area contributed by atoms with Crippen LogP contribution in [0.4, 0.5) is 0 Å². The molecule has 1 aliphatic heterocycles. The zero-order chi connectivity index (χ0) is 21.0. The molecule has 1 fully saturated rings. The Morgan fingerprint density at radius 3 is 2.79 bits per heavy atom. The fourth-order valence-electron chi connectivity index (χ4n) is 3.23. The molecule has 2 heterocycles. The van der Waals surface area contributed by atoms with Crippen LogP contribution in [0.15, 0.2) is 41.0 Å². The molecule has 8 heteroatoms. The molecule has 29 heavy (non-hydrogen) atoms. The quantitative estimate of drug-likeness (QED) is 0.643. The Balaban J connectivity index is 1.80. The van der Waals surface area contributed by atoms with E-state index >= 15 is 0 Å². The number of carbonyl (C=O) groups excluding carboxylic acids is 2. The van der Waals surface area contributed by atoms with Crippen LogP contribution >= 0.6 is 15.9 Å². The molecule has 0 radical (unpaired) electrons. The van der Waals surface area contributed by atoms with Crippen molar-refractivity contribution in [3.05, 3.63) is 58.1 Å². The highest BCUT2D eigenvalue weighted by atomic mass is 79.9. The van der Waals surface area contributed by atoms with E-state index < -0.39 is 18.2 Å². The van der Waals surface area contributed by atoms with Crippen molar-refractivity contribution in [2.75, 3.05) is 0 Å². The first kappa shape index (κ1) is 21.3. The van der Waals surface area contributed by atoms with Crippen molar-refractivity contribution in [2.24, 2.45) is 0 Å². The molecular formula is C21H24BrN3O4. The number of aromatic nitrogens is 2. The summed E-state index contributed by atoms with van der Waals surface area (Å²) in [5.41, 5.74) is 1.70. The van der Waals surface area contributed by atoms with E-state index in [0.29, 0.717) is 29.1 Å². The predicted octanol–water partition coefficient (Wildman–Crippen LogP) is 3.24. The second-order valence-electron chi connectivity index (χ2n) is 7.22. The van der Waals surface area contributed by atoms with Crippen molar-refractivity contribution in [3.8, 4) is 0 Å². The van der Waals surface area contributed by atoms with E-state index in [2.05, 4.69) is 26.2 Å². The lowest BCUT2D eigenvalue weighted by Crippen LogP contribution is -2.31. The molecule has 0 saturated carbocycles. The van der Waals surface area contributed by atoms with Gasteiger partial charge in [-0.2, -0.15) is 0 Å². The summed E-state index contributed by atoms with van der Waals surface area (Å²) in [5, 5.41) is 12.7. The average Bonchev–Trinajstić information content (AvgIpc) is 3.01.